The predicted molar refractivity (Wildman–Crippen MR) is 101 cm³/mol. The van der Waals surface area contributed by atoms with Crippen molar-refractivity contribution in [2.24, 2.45) is 0 Å². The van der Waals surface area contributed by atoms with E-state index in [0.717, 1.165) is 6.07 Å². The number of hydrogen-bond acceptors (Lipinski definition) is 6. The molecule has 0 unspecified atom stereocenters. The molecule has 0 aromatic heterocycles. The topological polar surface area (TPSA) is 136 Å². The Kier molecular flexibility index (Phi) is 6.93. The summed E-state index contributed by atoms with van der Waals surface area (Å²) in [5.41, 5.74) is -2.41. The molecule has 2 atom stereocenters. The minimum Gasteiger partial charge on any atom is -0.506 e. The van der Waals surface area contributed by atoms with Crippen LogP contribution in [-0.4, -0.2) is 63.8 Å². The molecule has 1 aliphatic rings. The number of aromatic hydroxyl groups is 1. The van der Waals surface area contributed by atoms with Crippen molar-refractivity contribution in [1.29, 1.82) is 0 Å². The first kappa shape index (κ1) is 25.2. The van der Waals surface area contributed by atoms with E-state index in [0.29, 0.717) is 0 Å². The second kappa shape index (κ2) is 8.81. The number of aliphatic carboxylic acids is 1. The van der Waals surface area contributed by atoms with Gasteiger partial charge in [-0.15, -0.1) is 0 Å². The van der Waals surface area contributed by atoms with Gasteiger partial charge in [-0.3, -0.25) is 14.5 Å². The summed E-state index contributed by atoms with van der Waals surface area (Å²) in [7, 11) is 0. The van der Waals surface area contributed by atoms with Gasteiger partial charge in [-0.05, 0) is 44.4 Å². The second-order valence-corrected chi connectivity index (χ2v) is 8.21. The number of aliphatic hydroxyl groups is 1. The number of alkyl halides is 3. The fourth-order valence-electron chi connectivity index (χ4n) is 3.25. The highest BCUT2D eigenvalue weighted by Crippen LogP contribution is 2.39. The van der Waals surface area contributed by atoms with Gasteiger partial charge in [-0.25, -0.2) is 9.18 Å². The molecule has 2 amide bonds. The molecule has 0 bridgehead atoms. The van der Waals surface area contributed by atoms with Crippen molar-refractivity contribution in [2.45, 2.75) is 57.5 Å². The third-order valence-electron chi connectivity index (χ3n) is 4.48. The quantitative estimate of drug-likeness (QED) is 0.498. The number of fused-ring (bicyclic) bond motifs is 1. The summed E-state index contributed by atoms with van der Waals surface area (Å²) in [6, 6.07) is -0.255. The Hall–Kier alpha value is -3.09. The number of alkyl carbamates (subject to hydrolysis) is 1. The first-order valence-corrected chi connectivity index (χ1v) is 9.32. The Balaban J connectivity index is 2.46. The average molecular weight is 466 g/mol. The van der Waals surface area contributed by atoms with Gasteiger partial charge in [0.15, 0.2) is 5.82 Å². The van der Waals surface area contributed by atoms with Gasteiger partial charge in [0.2, 0.25) is 0 Å². The number of phenols is 1. The van der Waals surface area contributed by atoms with Crippen LogP contribution in [0, 0.1) is 5.82 Å². The lowest BCUT2D eigenvalue weighted by molar-refractivity contribution is -0.171. The molecule has 4 N–H and O–H groups in total. The number of benzene rings is 1. The number of halogens is 4. The lowest BCUT2D eigenvalue weighted by Crippen LogP contribution is -2.50. The standard InChI is InChI=1S/C19H22F4N2O7/c1-18(2,3)32-17(31)24-10-6-9-8(4-11(10)26)5-12(27)15(14(9)20)25(7-13(28)29)16(30)19(21,22)23/h5,10-11,26-27H,4,6-7H2,1-3H3,(H,24,31)(H,28,29)/t10-,11+/m0/s1. The SMILES string of the molecule is CC(C)(C)OC(=O)N[C@H]1Cc2c(cc(O)c(N(CC(=O)O)C(=O)C(F)(F)F)c2F)C[C@H]1O. The van der Waals surface area contributed by atoms with Crippen molar-refractivity contribution in [3.8, 4) is 5.75 Å². The Bertz CT molecular complexity index is 928. The number of aliphatic hydroxyl groups excluding tert-OH is 1. The number of nitrogens with one attached hydrogen (secondary N) is 1. The van der Waals surface area contributed by atoms with Crippen LogP contribution in [-0.2, 0) is 27.2 Å². The molecule has 2 rings (SSSR count). The number of hydrogen-bond donors (Lipinski definition) is 4. The minimum atomic E-state index is -5.54. The van der Waals surface area contributed by atoms with E-state index in [-0.39, 0.29) is 17.5 Å². The molecule has 0 saturated heterocycles. The fraction of sp³-hybridized carbons (Fsp3) is 0.526. The summed E-state index contributed by atoms with van der Waals surface area (Å²) >= 11 is 0. The first-order chi connectivity index (χ1) is 14.5. The number of rotatable bonds is 4. The number of carbonyl (C=O) groups is 3. The molecular weight excluding hydrogens is 444 g/mol. The van der Waals surface area contributed by atoms with Crippen molar-refractivity contribution in [3.63, 3.8) is 0 Å². The van der Waals surface area contributed by atoms with Crippen molar-refractivity contribution < 1.29 is 52.0 Å². The number of phenolic OH excluding ortho intramolecular Hbond substituents is 1. The van der Waals surface area contributed by atoms with Gasteiger partial charge in [0.05, 0.1) is 12.1 Å². The molecule has 1 aromatic carbocycles. The molecule has 0 radical (unpaired) electrons. The summed E-state index contributed by atoms with van der Waals surface area (Å²) in [5, 5.41) is 31.6. The van der Waals surface area contributed by atoms with Crippen LogP contribution in [0.25, 0.3) is 0 Å². The molecule has 13 heteroatoms. The summed E-state index contributed by atoms with van der Waals surface area (Å²) in [4.78, 5) is 34.3. The predicted octanol–water partition coefficient (Wildman–Crippen LogP) is 1.86. The Labute approximate surface area is 179 Å². The van der Waals surface area contributed by atoms with Gasteiger partial charge in [0, 0.05) is 6.42 Å². The number of anilines is 1. The van der Waals surface area contributed by atoms with Crippen molar-refractivity contribution in [1.82, 2.24) is 5.32 Å². The van der Waals surface area contributed by atoms with Crippen molar-refractivity contribution in [3.05, 3.63) is 23.0 Å². The van der Waals surface area contributed by atoms with E-state index >= 15 is 4.39 Å². The molecule has 0 saturated carbocycles. The van der Waals surface area contributed by atoms with Crippen LogP contribution in [0.5, 0.6) is 5.75 Å². The van der Waals surface area contributed by atoms with E-state index in [1.807, 2.05) is 0 Å². The molecule has 0 aliphatic heterocycles. The Morgan fingerprint density at radius 3 is 2.31 bits per heavy atom. The molecule has 0 spiro atoms. The molecule has 1 aliphatic carbocycles. The van der Waals surface area contributed by atoms with E-state index in [9.17, 15) is 37.8 Å². The number of carboxylic acids is 1. The number of nitrogens with zero attached hydrogens (tertiary/aromatic N) is 1. The van der Waals surface area contributed by atoms with Crippen LogP contribution in [0.3, 0.4) is 0 Å². The first-order valence-electron chi connectivity index (χ1n) is 9.32. The second-order valence-electron chi connectivity index (χ2n) is 8.21. The van der Waals surface area contributed by atoms with Crippen LogP contribution in [0.1, 0.15) is 31.9 Å². The minimum absolute atomic E-state index is 0.0215. The number of carboxylic acid groups (broad SMARTS) is 1. The van der Waals surface area contributed by atoms with Gasteiger partial charge in [-0.2, -0.15) is 13.2 Å². The zero-order valence-corrected chi connectivity index (χ0v) is 17.3. The van der Waals surface area contributed by atoms with Crippen LogP contribution in [0.2, 0.25) is 0 Å². The van der Waals surface area contributed by atoms with Crippen molar-refractivity contribution >= 4 is 23.7 Å². The lowest BCUT2D eigenvalue weighted by atomic mass is 9.85. The molecule has 0 fully saturated rings. The van der Waals surface area contributed by atoms with Gasteiger partial charge in [0.1, 0.15) is 23.6 Å². The number of ether oxygens (including phenoxy) is 1. The molecule has 32 heavy (non-hydrogen) atoms. The van der Waals surface area contributed by atoms with Gasteiger partial charge in [-0.1, -0.05) is 0 Å². The smallest absolute Gasteiger partial charge is 0.471 e. The highest BCUT2D eigenvalue weighted by Gasteiger charge is 2.46. The van der Waals surface area contributed by atoms with Crippen molar-refractivity contribution in [2.75, 3.05) is 11.4 Å². The number of amides is 2. The van der Waals surface area contributed by atoms with Crippen LogP contribution >= 0.6 is 0 Å². The number of carbonyl (C=O) groups excluding carboxylic acids is 2. The zero-order chi connectivity index (χ0) is 24.6. The maximum absolute atomic E-state index is 15.2. The monoisotopic (exact) mass is 466 g/mol. The van der Waals surface area contributed by atoms with Crippen LogP contribution in [0.15, 0.2) is 6.07 Å². The normalized spacial score (nSPS) is 18.5. The maximum Gasteiger partial charge on any atom is 0.471 e. The van der Waals surface area contributed by atoms with Gasteiger partial charge in [0.25, 0.3) is 0 Å². The summed E-state index contributed by atoms with van der Waals surface area (Å²) in [5.74, 6) is -7.14. The molecule has 1 aromatic rings. The van der Waals surface area contributed by atoms with Gasteiger partial charge >= 0.3 is 24.1 Å². The van der Waals surface area contributed by atoms with Crippen LogP contribution in [0.4, 0.5) is 28.0 Å². The van der Waals surface area contributed by atoms with E-state index < -0.39 is 77.0 Å². The van der Waals surface area contributed by atoms with E-state index in [4.69, 9.17) is 9.84 Å². The molecule has 0 heterocycles. The maximum atomic E-state index is 15.2. The largest absolute Gasteiger partial charge is 0.506 e. The average Bonchev–Trinajstić information content (AvgIpc) is 2.58. The van der Waals surface area contributed by atoms with Gasteiger partial charge < -0.3 is 25.4 Å². The molecule has 9 nitrogen and oxygen atoms in total. The van der Waals surface area contributed by atoms with Crippen LogP contribution < -0.4 is 10.2 Å². The van der Waals surface area contributed by atoms with E-state index in [1.165, 1.54) is 0 Å². The van der Waals surface area contributed by atoms with E-state index in [1.54, 1.807) is 20.8 Å². The third-order valence-corrected chi connectivity index (χ3v) is 4.48. The highest BCUT2D eigenvalue weighted by molar-refractivity contribution is 6.02. The lowest BCUT2D eigenvalue weighted by Gasteiger charge is -2.33. The zero-order valence-electron chi connectivity index (χ0n) is 17.3. The molecular formula is C19H22F4N2O7. The summed E-state index contributed by atoms with van der Waals surface area (Å²) < 4.78 is 59.1. The fourth-order valence-corrected chi connectivity index (χ4v) is 3.25. The summed E-state index contributed by atoms with van der Waals surface area (Å²) in [6.45, 7) is 3.19. The Morgan fingerprint density at radius 1 is 1.22 bits per heavy atom. The molecule has 178 valence electrons. The van der Waals surface area contributed by atoms with E-state index in [2.05, 4.69) is 5.32 Å². The highest BCUT2D eigenvalue weighted by atomic mass is 19.4. The summed E-state index contributed by atoms with van der Waals surface area (Å²) in [6.07, 6.45) is -8.42. The Morgan fingerprint density at radius 2 is 1.81 bits per heavy atom. The third kappa shape index (κ3) is 5.78.